The molecule has 1 aliphatic carbocycles. The van der Waals surface area contributed by atoms with Gasteiger partial charge in [0.25, 0.3) is 0 Å². The summed E-state index contributed by atoms with van der Waals surface area (Å²) in [7, 11) is 3.56. The second-order valence-corrected chi connectivity index (χ2v) is 8.81. The molecule has 0 aliphatic heterocycles. The van der Waals surface area contributed by atoms with Crippen LogP contribution in [0.15, 0.2) is 53.7 Å². The molecular formula is C23H26N4O2S. The molecule has 3 aromatic rings. The van der Waals surface area contributed by atoms with E-state index in [2.05, 4.69) is 33.7 Å². The van der Waals surface area contributed by atoms with E-state index in [0.29, 0.717) is 5.16 Å². The molecule has 2 aromatic carbocycles. The van der Waals surface area contributed by atoms with Crippen LogP contribution >= 0.6 is 11.8 Å². The number of methoxy groups -OCH3 is 1. The van der Waals surface area contributed by atoms with Crippen LogP contribution < -0.4 is 10.1 Å². The molecule has 2 atom stereocenters. The molecule has 0 radical (unpaired) electrons. The van der Waals surface area contributed by atoms with E-state index in [1.807, 2.05) is 48.9 Å². The van der Waals surface area contributed by atoms with Crippen molar-refractivity contribution in [2.24, 2.45) is 7.05 Å². The highest BCUT2D eigenvalue weighted by Gasteiger charge is 2.25. The number of carbonyl (C=O) groups excluding carboxylic acids is 1. The van der Waals surface area contributed by atoms with Crippen molar-refractivity contribution in [3.63, 3.8) is 0 Å². The summed E-state index contributed by atoms with van der Waals surface area (Å²) in [5, 5.41) is 12.3. The van der Waals surface area contributed by atoms with Crippen LogP contribution in [0.5, 0.6) is 5.75 Å². The molecule has 1 N–H and O–H groups in total. The van der Waals surface area contributed by atoms with Gasteiger partial charge in [0.2, 0.25) is 5.91 Å². The SMILES string of the molecule is COc1ccc(-c2nnc(S[C@@H](C)C(=O)N[C@H]3CCCc4ccccc43)n2C)cc1. The van der Waals surface area contributed by atoms with Gasteiger partial charge < -0.3 is 14.6 Å². The minimum absolute atomic E-state index is 0.0238. The maximum atomic E-state index is 12.9. The Kier molecular flexibility index (Phi) is 6.08. The molecule has 156 valence electrons. The van der Waals surface area contributed by atoms with Crippen molar-refractivity contribution in [3.8, 4) is 17.1 Å². The van der Waals surface area contributed by atoms with Crippen molar-refractivity contribution >= 4 is 17.7 Å². The third kappa shape index (κ3) is 4.21. The van der Waals surface area contributed by atoms with Crippen molar-refractivity contribution in [1.29, 1.82) is 0 Å². The van der Waals surface area contributed by atoms with Gasteiger partial charge in [-0.05, 0) is 61.6 Å². The molecule has 6 nitrogen and oxygen atoms in total. The summed E-state index contributed by atoms with van der Waals surface area (Å²) >= 11 is 1.42. The summed E-state index contributed by atoms with van der Waals surface area (Å²) in [6, 6.07) is 16.2. The lowest BCUT2D eigenvalue weighted by Gasteiger charge is -2.27. The second kappa shape index (κ2) is 8.92. The zero-order valence-corrected chi connectivity index (χ0v) is 18.3. The number of nitrogens with one attached hydrogen (secondary N) is 1. The van der Waals surface area contributed by atoms with Crippen LogP contribution in [-0.4, -0.2) is 33.0 Å². The number of thioether (sulfide) groups is 1. The van der Waals surface area contributed by atoms with Crippen LogP contribution in [0.3, 0.4) is 0 Å². The minimum Gasteiger partial charge on any atom is -0.497 e. The Bertz CT molecular complexity index is 1030. The summed E-state index contributed by atoms with van der Waals surface area (Å²) in [4.78, 5) is 12.9. The van der Waals surface area contributed by atoms with Crippen LogP contribution in [0.2, 0.25) is 0 Å². The third-order valence-corrected chi connectivity index (χ3v) is 6.65. The smallest absolute Gasteiger partial charge is 0.233 e. The van der Waals surface area contributed by atoms with E-state index in [1.54, 1.807) is 7.11 Å². The summed E-state index contributed by atoms with van der Waals surface area (Å²) in [5.41, 5.74) is 3.54. The lowest BCUT2D eigenvalue weighted by Crippen LogP contribution is -2.36. The number of nitrogens with zero attached hydrogens (tertiary/aromatic N) is 3. The van der Waals surface area contributed by atoms with Gasteiger partial charge in [-0.15, -0.1) is 10.2 Å². The molecule has 0 bridgehead atoms. The van der Waals surface area contributed by atoms with Crippen molar-refractivity contribution in [1.82, 2.24) is 20.1 Å². The van der Waals surface area contributed by atoms with Crippen LogP contribution in [0.1, 0.15) is 36.9 Å². The van der Waals surface area contributed by atoms with Crippen molar-refractivity contribution in [3.05, 3.63) is 59.7 Å². The Morgan fingerprint density at radius 1 is 1.20 bits per heavy atom. The van der Waals surface area contributed by atoms with Gasteiger partial charge in [0.05, 0.1) is 18.4 Å². The standard InChI is InChI=1S/C23H26N4O2S/c1-15(22(28)24-20-10-6-8-16-7-4-5-9-19(16)20)30-23-26-25-21(27(23)2)17-11-13-18(29-3)14-12-17/h4-5,7,9,11-15,20H,6,8,10H2,1-3H3,(H,24,28)/t15-,20-/m0/s1. The zero-order chi connectivity index (χ0) is 21.1. The number of hydrogen-bond donors (Lipinski definition) is 1. The van der Waals surface area contributed by atoms with E-state index >= 15 is 0 Å². The van der Waals surface area contributed by atoms with Gasteiger partial charge in [0.15, 0.2) is 11.0 Å². The molecule has 0 fully saturated rings. The van der Waals surface area contributed by atoms with Crippen molar-refractivity contribution in [2.45, 2.75) is 42.6 Å². The Hall–Kier alpha value is -2.80. The van der Waals surface area contributed by atoms with Gasteiger partial charge in [-0.2, -0.15) is 0 Å². The van der Waals surface area contributed by atoms with E-state index in [-0.39, 0.29) is 17.2 Å². The fraction of sp³-hybridized carbons (Fsp3) is 0.348. The van der Waals surface area contributed by atoms with E-state index < -0.39 is 0 Å². The third-order valence-electron chi connectivity index (χ3n) is 5.52. The number of aryl methyl sites for hydroxylation is 1. The first kappa shape index (κ1) is 20.5. The van der Waals surface area contributed by atoms with E-state index in [1.165, 1.54) is 22.9 Å². The fourth-order valence-corrected chi connectivity index (χ4v) is 4.64. The first-order valence-electron chi connectivity index (χ1n) is 10.2. The number of benzene rings is 2. The summed E-state index contributed by atoms with van der Waals surface area (Å²) in [6.07, 6.45) is 3.16. The highest BCUT2D eigenvalue weighted by molar-refractivity contribution is 8.00. The first-order chi connectivity index (χ1) is 14.6. The topological polar surface area (TPSA) is 69.0 Å². The average Bonchev–Trinajstić information content (AvgIpc) is 3.14. The lowest BCUT2D eigenvalue weighted by atomic mass is 9.88. The van der Waals surface area contributed by atoms with Gasteiger partial charge in [-0.25, -0.2) is 0 Å². The van der Waals surface area contributed by atoms with Gasteiger partial charge in [0, 0.05) is 12.6 Å². The molecule has 0 saturated carbocycles. The number of amides is 1. The molecular weight excluding hydrogens is 396 g/mol. The molecule has 30 heavy (non-hydrogen) atoms. The molecule has 1 heterocycles. The molecule has 1 amide bonds. The van der Waals surface area contributed by atoms with Gasteiger partial charge >= 0.3 is 0 Å². The zero-order valence-electron chi connectivity index (χ0n) is 17.5. The summed E-state index contributed by atoms with van der Waals surface area (Å²) in [6.45, 7) is 1.91. The molecule has 4 rings (SSSR count). The van der Waals surface area contributed by atoms with Crippen molar-refractivity contribution in [2.75, 3.05) is 7.11 Å². The Balaban J connectivity index is 1.43. The number of rotatable bonds is 6. The minimum atomic E-state index is -0.272. The van der Waals surface area contributed by atoms with Gasteiger partial charge in [-0.3, -0.25) is 4.79 Å². The van der Waals surface area contributed by atoms with Gasteiger partial charge in [0.1, 0.15) is 5.75 Å². The van der Waals surface area contributed by atoms with E-state index in [4.69, 9.17) is 4.74 Å². The number of hydrogen-bond acceptors (Lipinski definition) is 5. The number of fused-ring (bicyclic) bond motifs is 1. The quantitative estimate of drug-likeness (QED) is 0.604. The predicted octanol–water partition coefficient (Wildman–Crippen LogP) is 4.17. The molecule has 0 unspecified atom stereocenters. The van der Waals surface area contributed by atoms with Crippen molar-refractivity contribution < 1.29 is 9.53 Å². The molecule has 0 spiro atoms. The fourth-order valence-electron chi connectivity index (χ4n) is 3.81. The van der Waals surface area contributed by atoms with Crippen LogP contribution in [0.25, 0.3) is 11.4 Å². The van der Waals surface area contributed by atoms with Crippen LogP contribution in [-0.2, 0) is 18.3 Å². The molecule has 1 aromatic heterocycles. The average molecular weight is 423 g/mol. The van der Waals surface area contributed by atoms with Crippen LogP contribution in [0, 0.1) is 0 Å². The largest absolute Gasteiger partial charge is 0.497 e. The van der Waals surface area contributed by atoms with Crippen LogP contribution in [0.4, 0.5) is 0 Å². The predicted molar refractivity (Wildman–Crippen MR) is 119 cm³/mol. The lowest BCUT2D eigenvalue weighted by molar-refractivity contribution is -0.121. The second-order valence-electron chi connectivity index (χ2n) is 7.51. The molecule has 7 heteroatoms. The Labute approximate surface area is 181 Å². The van der Waals surface area contributed by atoms with E-state index in [0.717, 1.165) is 36.4 Å². The number of aromatic nitrogens is 3. The van der Waals surface area contributed by atoms with E-state index in [9.17, 15) is 4.79 Å². The first-order valence-corrected chi connectivity index (χ1v) is 11.0. The highest BCUT2D eigenvalue weighted by Crippen LogP contribution is 2.31. The number of ether oxygens (including phenoxy) is 1. The molecule has 0 saturated heterocycles. The monoisotopic (exact) mass is 422 g/mol. The van der Waals surface area contributed by atoms with Gasteiger partial charge in [-0.1, -0.05) is 36.0 Å². The highest BCUT2D eigenvalue weighted by atomic mass is 32.2. The maximum Gasteiger partial charge on any atom is 0.233 e. The number of carbonyl (C=O) groups is 1. The summed E-state index contributed by atoms with van der Waals surface area (Å²) in [5.74, 6) is 1.58. The normalized spacial score (nSPS) is 16.6. The Morgan fingerprint density at radius 2 is 1.97 bits per heavy atom. The maximum absolute atomic E-state index is 12.9. The summed E-state index contributed by atoms with van der Waals surface area (Å²) < 4.78 is 7.14. The Morgan fingerprint density at radius 3 is 2.73 bits per heavy atom. The molecule has 1 aliphatic rings.